The minimum atomic E-state index is -0.730. The van der Waals surface area contributed by atoms with Crippen LogP contribution in [0.4, 0.5) is 4.39 Å². The van der Waals surface area contributed by atoms with E-state index in [0.717, 1.165) is 38.7 Å². The minimum absolute atomic E-state index is 0.112. The standard InChI is InChI=1S/C13H23FO2/c1-2-3-7-12(14)8-6-11-16-13-9-4-5-10-15-13/h6,11-13H,2-5,7-10H2,1H3/b11-6+. The molecular weight excluding hydrogens is 207 g/mol. The van der Waals surface area contributed by atoms with Gasteiger partial charge in [0.25, 0.3) is 0 Å². The zero-order valence-corrected chi connectivity index (χ0v) is 10.2. The second-order valence-corrected chi connectivity index (χ2v) is 4.28. The summed E-state index contributed by atoms with van der Waals surface area (Å²) in [6, 6.07) is 0. The third-order valence-electron chi connectivity index (χ3n) is 2.73. The lowest BCUT2D eigenvalue weighted by atomic mass is 10.1. The number of unbranched alkanes of at least 4 members (excludes halogenated alkanes) is 1. The molecule has 0 saturated carbocycles. The molecule has 3 heteroatoms. The maximum atomic E-state index is 13.2. The molecule has 1 aliphatic heterocycles. The third kappa shape index (κ3) is 6.11. The Kier molecular flexibility index (Phi) is 7.23. The summed E-state index contributed by atoms with van der Waals surface area (Å²) < 4.78 is 24.0. The lowest BCUT2D eigenvalue weighted by Crippen LogP contribution is -2.20. The molecule has 1 saturated heterocycles. The molecule has 0 bridgehead atoms. The molecule has 16 heavy (non-hydrogen) atoms. The van der Waals surface area contributed by atoms with Crippen molar-refractivity contribution in [2.24, 2.45) is 0 Å². The van der Waals surface area contributed by atoms with Gasteiger partial charge in [0.2, 0.25) is 0 Å². The molecule has 1 rings (SSSR count). The van der Waals surface area contributed by atoms with Crippen LogP contribution in [0.3, 0.4) is 0 Å². The third-order valence-corrected chi connectivity index (χ3v) is 2.73. The van der Waals surface area contributed by atoms with E-state index < -0.39 is 6.17 Å². The number of ether oxygens (including phenoxy) is 2. The molecule has 1 heterocycles. The molecule has 1 aliphatic rings. The highest BCUT2D eigenvalue weighted by Crippen LogP contribution is 2.14. The highest BCUT2D eigenvalue weighted by Gasteiger charge is 2.12. The Morgan fingerprint density at radius 1 is 1.50 bits per heavy atom. The minimum Gasteiger partial charge on any atom is -0.473 e. The van der Waals surface area contributed by atoms with Crippen LogP contribution >= 0.6 is 0 Å². The Bertz CT molecular complexity index is 188. The first-order chi connectivity index (χ1) is 7.83. The maximum absolute atomic E-state index is 13.2. The quantitative estimate of drug-likeness (QED) is 0.616. The van der Waals surface area contributed by atoms with Gasteiger partial charge in [-0.25, -0.2) is 4.39 Å². The van der Waals surface area contributed by atoms with Gasteiger partial charge in [-0.1, -0.05) is 19.8 Å². The summed E-state index contributed by atoms with van der Waals surface area (Å²) in [6.45, 7) is 2.85. The molecule has 0 spiro atoms. The van der Waals surface area contributed by atoms with Gasteiger partial charge in [-0.2, -0.15) is 0 Å². The molecule has 0 aromatic heterocycles. The van der Waals surface area contributed by atoms with Gasteiger partial charge in [-0.05, 0) is 31.8 Å². The highest BCUT2D eigenvalue weighted by atomic mass is 19.1. The van der Waals surface area contributed by atoms with Crippen LogP contribution in [0.15, 0.2) is 12.3 Å². The molecule has 0 N–H and O–H groups in total. The maximum Gasteiger partial charge on any atom is 0.198 e. The molecule has 2 atom stereocenters. The van der Waals surface area contributed by atoms with E-state index in [1.165, 1.54) is 0 Å². The van der Waals surface area contributed by atoms with Gasteiger partial charge in [0.1, 0.15) is 6.17 Å². The van der Waals surface area contributed by atoms with Crippen molar-refractivity contribution >= 4 is 0 Å². The van der Waals surface area contributed by atoms with Gasteiger partial charge in [-0.15, -0.1) is 0 Å². The van der Waals surface area contributed by atoms with Crippen LogP contribution in [0, 0.1) is 0 Å². The number of halogens is 1. The predicted molar refractivity (Wildman–Crippen MR) is 62.9 cm³/mol. The van der Waals surface area contributed by atoms with Gasteiger partial charge in [0, 0.05) is 6.42 Å². The summed E-state index contributed by atoms with van der Waals surface area (Å²) in [5, 5.41) is 0. The first kappa shape index (κ1) is 13.5. The van der Waals surface area contributed by atoms with Crippen molar-refractivity contribution in [3.05, 3.63) is 12.3 Å². The molecule has 0 aromatic carbocycles. The van der Waals surface area contributed by atoms with E-state index in [1.54, 1.807) is 12.3 Å². The topological polar surface area (TPSA) is 18.5 Å². The monoisotopic (exact) mass is 230 g/mol. The van der Waals surface area contributed by atoms with Crippen molar-refractivity contribution < 1.29 is 13.9 Å². The fourth-order valence-corrected chi connectivity index (χ4v) is 1.71. The fraction of sp³-hybridized carbons (Fsp3) is 0.846. The van der Waals surface area contributed by atoms with Gasteiger partial charge < -0.3 is 9.47 Å². The smallest absolute Gasteiger partial charge is 0.198 e. The van der Waals surface area contributed by atoms with Crippen LogP contribution < -0.4 is 0 Å². The summed E-state index contributed by atoms with van der Waals surface area (Å²) in [4.78, 5) is 0. The predicted octanol–water partition coefficient (Wildman–Crippen LogP) is 3.96. The van der Waals surface area contributed by atoms with Crippen LogP contribution in [-0.4, -0.2) is 19.1 Å². The van der Waals surface area contributed by atoms with E-state index in [4.69, 9.17) is 9.47 Å². The van der Waals surface area contributed by atoms with Crippen LogP contribution in [0.2, 0.25) is 0 Å². The van der Waals surface area contributed by atoms with Crippen LogP contribution in [0.5, 0.6) is 0 Å². The molecule has 2 nitrogen and oxygen atoms in total. The summed E-state index contributed by atoms with van der Waals surface area (Å²) in [5.41, 5.74) is 0. The number of hydrogen-bond donors (Lipinski definition) is 0. The van der Waals surface area contributed by atoms with Crippen molar-refractivity contribution in [1.82, 2.24) is 0 Å². The molecule has 2 unspecified atom stereocenters. The number of alkyl halides is 1. The average molecular weight is 230 g/mol. The number of allylic oxidation sites excluding steroid dienone is 1. The molecule has 0 aliphatic carbocycles. The Labute approximate surface area is 97.8 Å². The molecule has 0 radical (unpaired) electrons. The van der Waals surface area contributed by atoms with Crippen molar-refractivity contribution in [2.75, 3.05) is 6.61 Å². The van der Waals surface area contributed by atoms with E-state index in [0.29, 0.717) is 12.8 Å². The van der Waals surface area contributed by atoms with Gasteiger partial charge in [0.05, 0.1) is 12.9 Å². The van der Waals surface area contributed by atoms with Crippen molar-refractivity contribution in [3.8, 4) is 0 Å². The highest BCUT2D eigenvalue weighted by molar-refractivity contribution is 4.78. The number of rotatable bonds is 7. The summed E-state index contributed by atoms with van der Waals surface area (Å²) in [6.07, 6.45) is 8.84. The molecule has 0 amide bonds. The summed E-state index contributed by atoms with van der Waals surface area (Å²) in [5.74, 6) is 0. The first-order valence-corrected chi connectivity index (χ1v) is 6.39. The second-order valence-electron chi connectivity index (χ2n) is 4.28. The zero-order chi connectivity index (χ0) is 11.6. The average Bonchev–Trinajstić information content (AvgIpc) is 2.33. The lowest BCUT2D eigenvalue weighted by Gasteiger charge is -2.21. The van der Waals surface area contributed by atoms with Crippen LogP contribution in [-0.2, 0) is 9.47 Å². The fourth-order valence-electron chi connectivity index (χ4n) is 1.71. The van der Waals surface area contributed by atoms with Gasteiger partial charge in [-0.3, -0.25) is 0 Å². The van der Waals surface area contributed by atoms with E-state index in [2.05, 4.69) is 6.92 Å². The van der Waals surface area contributed by atoms with Crippen molar-refractivity contribution in [2.45, 2.75) is 64.3 Å². The molecular formula is C13H23FO2. The van der Waals surface area contributed by atoms with Gasteiger partial charge >= 0.3 is 0 Å². The Morgan fingerprint density at radius 2 is 2.38 bits per heavy atom. The van der Waals surface area contributed by atoms with Crippen molar-refractivity contribution in [1.29, 1.82) is 0 Å². The second kappa shape index (κ2) is 8.57. The molecule has 0 aromatic rings. The largest absolute Gasteiger partial charge is 0.473 e. The van der Waals surface area contributed by atoms with E-state index >= 15 is 0 Å². The van der Waals surface area contributed by atoms with E-state index in [1.807, 2.05) is 0 Å². The van der Waals surface area contributed by atoms with Crippen LogP contribution in [0.25, 0.3) is 0 Å². The lowest BCUT2D eigenvalue weighted by molar-refractivity contribution is -0.129. The molecule has 1 fully saturated rings. The van der Waals surface area contributed by atoms with Gasteiger partial charge in [0.15, 0.2) is 6.29 Å². The first-order valence-electron chi connectivity index (χ1n) is 6.39. The van der Waals surface area contributed by atoms with Crippen LogP contribution in [0.1, 0.15) is 51.9 Å². The Morgan fingerprint density at radius 3 is 3.06 bits per heavy atom. The molecule has 94 valence electrons. The summed E-state index contributed by atoms with van der Waals surface area (Å²) in [7, 11) is 0. The Balaban J connectivity index is 2.02. The zero-order valence-electron chi connectivity index (χ0n) is 10.2. The Hall–Kier alpha value is -0.570. The normalized spacial score (nSPS) is 23.5. The van der Waals surface area contributed by atoms with E-state index in [9.17, 15) is 4.39 Å². The van der Waals surface area contributed by atoms with Crippen molar-refractivity contribution in [3.63, 3.8) is 0 Å². The van der Waals surface area contributed by atoms with E-state index in [-0.39, 0.29) is 6.29 Å². The SMILES string of the molecule is CCCCC(F)C/C=C/OC1CCCCO1. The summed E-state index contributed by atoms with van der Waals surface area (Å²) >= 11 is 0. The number of hydrogen-bond acceptors (Lipinski definition) is 2.